The van der Waals surface area contributed by atoms with E-state index in [1.807, 2.05) is 0 Å². The third-order valence-electron chi connectivity index (χ3n) is 1.93. The number of phenolic OH excluding ortho intramolecular Hbond substituents is 1. The molecule has 1 aromatic rings. The highest BCUT2D eigenvalue weighted by atomic mass is 79.9. The summed E-state index contributed by atoms with van der Waals surface area (Å²) >= 11 is 3.02. The molecule has 0 saturated carbocycles. The van der Waals surface area contributed by atoms with Gasteiger partial charge >= 0.3 is 0 Å². The van der Waals surface area contributed by atoms with E-state index in [4.69, 9.17) is 10.5 Å². The first-order valence-electron chi connectivity index (χ1n) is 4.07. The second-order valence-electron chi connectivity index (χ2n) is 2.91. The fraction of sp³-hybridized carbons (Fsp3) is 0.333. The van der Waals surface area contributed by atoms with Crippen LogP contribution in [0.4, 0.5) is 8.78 Å². The Morgan fingerprint density at radius 2 is 2.00 bits per heavy atom. The number of nitrogens with two attached hydrogens (primary N) is 1. The molecule has 0 aliphatic heterocycles. The molecule has 0 amide bonds. The summed E-state index contributed by atoms with van der Waals surface area (Å²) in [6.07, 6.45) is -2.74. The zero-order valence-corrected chi connectivity index (χ0v) is 10.7. The first-order chi connectivity index (χ1) is 6.97. The SMILES string of the molecule is COc1cc(Br)c(O)c([C@H](N)C(F)F)c1.Cl. The minimum atomic E-state index is -2.74. The van der Waals surface area contributed by atoms with Gasteiger partial charge in [-0.3, -0.25) is 0 Å². The lowest BCUT2D eigenvalue weighted by atomic mass is 10.1. The van der Waals surface area contributed by atoms with Gasteiger partial charge in [-0.1, -0.05) is 0 Å². The third-order valence-corrected chi connectivity index (χ3v) is 2.54. The average molecular weight is 319 g/mol. The Morgan fingerprint density at radius 3 is 2.44 bits per heavy atom. The molecule has 0 aliphatic carbocycles. The smallest absolute Gasteiger partial charge is 0.257 e. The number of phenols is 1. The van der Waals surface area contributed by atoms with Gasteiger partial charge in [0.05, 0.1) is 17.6 Å². The van der Waals surface area contributed by atoms with E-state index in [9.17, 15) is 13.9 Å². The Morgan fingerprint density at radius 1 is 1.44 bits per heavy atom. The number of benzene rings is 1. The lowest BCUT2D eigenvalue weighted by molar-refractivity contribution is 0.115. The van der Waals surface area contributed by atoms with Crippen molar-refractivity contribution in [2.75, 3.05) is 7.11 Å². The lowest BCUT2D eigenvalue weighted by Gasteiger charge is -2.14. The van der Waals surface area contributed by atoms with Crippen LogP contribution < -0.4 is 10.5 Å². The van der Waals surface area contributed by atoms with E-state index in [-0.39, 0.29) is 28.2 Å². The fourth-order valence-corrected chi connectivity index (χ4v) is 1.56. The number of aromatic hydroxyl groups is 1. The maximum Gasteiger partial charge on any atom is 0.257 e. The van der Waals surface area contributed by atoms with Gasteiger partial charge in [0.15, 0.2) is 0 Å². The quantitative estimate of drug-likeness (QED) is 0.901. The Labute approximate surface area is 106 Å². The highest BCUT2D eigenvalue weighted by Gasteiger charge is 2.22. The van der Waals surface area contributed by atoms with Crippen molar-refractivity contribution in [3.8, 4) is 11.5 Å². The van der Waals surface area contributed by atoms with Gasteiger partial charge in [-0.2, -0.15) is 0 Å². The van der Waals surface area contributed by atoms with Crippen LogP contribution in [-0.4, -0.2) is 18.6 Å². The third kappa shape index (κ3) is 3.20. The van der Waals surface area contributed by atoms with Gasteiger partial charge in [0.1, 0.15) is 11.5 Å². The van der Waals surface area contributed by atoms with Crippen molar-refractivity contribution in [1.82, 2.24) is 0 Å². The van der Waals surface area contributed by atoms with Crippen LogP contribution in [0, 0.1) is 0 Å². The Hall–Kier alpha value is -0.590. The van der Waals surface area contributed by atoms with E-state index in [0.29, 0.717) is 5.75 Å². The number of ether oxygens (including phenoxy) is 1. The zero-order chi connectivity index (χ0) is 11.6. The summed E-state index contributed by atoms with van der Waals surface area (Å²) in [5.41, 5.74) is 5.20. The Bertz CT molecular complexity index is 366. The summed E-state index contributed by atoms with van der Waals surface area (Å²) in [5.74, 6) is 0.0642. The van der Waals surface area contributed by atoms with Crippen LogP contribution >= 0.6 is 28.3 Å². The van der Waals surface area contributed by atoms with Crippen molar-refractivity contribution in [3.05, 3.63) is 22.2 Å². The van der Waals surface area contributed by atoms with E-state index in [1.165, 1.54) is 19.2 Å². The molecular weight excluding hydrogens is 307 g/mol. The van der Waals surface area contributed by atoms with Crippen molar-refractivity contribution < 1.29 is 18.6 Å². The molecule has 0 aliphatic rings. The van der Waals surface area contributed by atoms with Crippen molar-refractivity contribution in [2.24, 2.45) is 5.73 Å². The summed E-state index contributed by atoms with van der Waals surface area (Å²) in [4.78, 5) is 0. The first-order valence-corrected chi connectivity index (χ1v) is 4.86. The monoisotopic (exact) mass is 317 g/mol. The topological polar surface area (TPSA) is 55.5 Å². The molecule has 0 spiro atoms. The van der Waals surface area contributed by atoms with Crippen LogP contribution in [0.25, 0.3) is 0 Å². The molecule has 3 nitrogen and oxygen atoms in total. The lowest BCUT2D eigenvalue weighted by Crippen LogP contribution is -2.19. The van der Waals surface area contributed by atoms with Crippen LogP contribution in [0.1, 0.15) is 11.6 Å². The van der Waals surface area contributed by atoms with Gasteiger partial charge in [-0.25, -0.2) is 8.78 Å². The number of hydrogen-bond acceptors (Lipinski definition) is 3. The average Bonchev–Trinajstić information content (AvgIpc) is 2.20. The van der Waals surface area contributed by atoms with Crippen molar-refractivity contribution in [3.63, 3.8) is 0 Å². The molecule has 3 N–H and O–H groups in total. The van der Waals surface area contributed by atoms with Gasteiger partial charge < -0.3 is 15.6 Å². The number of hydrogen-bond donors (Lipinski definition) is 2. The molecule has 0 radical (unpaired) electrons. The fourth-order valence-electron chi connectivity index (χ4n) is 1.10. The number of rotatable bonds is 3. The highest BCUT2D eigenvalue weighted by Crippen LogP contribution is 2.36. The Kier molecular flexibility index (Phi) is 5.99. The van der Waals surface area contributed by atoms with E-state index < -0.39 is 12.5 Å². The molecular formula is C9H11BrClF2NO2. The molecule has 7 heteroatoms. The summed E-state index contributed by atoms with van der Waals surface area (Å²) in [6, 6.07) is 1.23. The minimum Gasteiger partial charge on any atom is -0.506 e. The predicted octanol–water partition coefficient (Wildman–Crippen LogP) is 2.85. The Balaban J connectivity index is 0.00000225. The molecule has 0 fully saturated rings. The van der Waals surface area contributed by atoms with Crippen LogP contribution in [0.3, 0.4) is 0 Å². The normalized spacial score (nSPS) is 12.1. The molecule has 0 bridgehead atoms. The van der Waals surface area contributed by atoms with Crippen LogP contribution in [-0.2, 0) is 0 Å². The summed E-state index contributed by atoms with van der Waals surface area (Å²) in [7, 11) is 1.40. The van der Waals surface area contributed by atoms with Crippen LogP contribution in [0.15, 0.2) is 16.6 Å². The number of alkyl halides is 2. The van der Waals surface area contributed by atoms with Crippen LogP contribution in [0.2, 0.25) is 0 Å². The molecule has 92 valence electrons. The molecule has 1 aromatic carbocycles. The van der Waals surface area contributed by atoms with Gasteiger partial charge in [0.2, 0.25) is 0 Å². The summed E-state index contributed by atoms with van der Waals surface area (Å²) in [5, 5.41) is 9.52. The van der Waals surface area contributed by atoms with Crippen molar-refractivity contribution >= 4 is 28.3 Å². The second kappa shape index (κ2) is 6.22. The molecule has 0 unspecified atom stereocenters. The molecule has 1 rings (SSSR count). The van der Waals surface area contributed by atoms with E-state index in [2.05, 4.69) is 15.9 Å². The van der Waals surface area contributed by atoms with E-state index >= 15 is 0 Å². The maximum absolute atomic E-state index is 12.4. The highest BCUT2D eigenvalue weighted by molar-refractivity contribution is 9.10. The van der Waals surface area contributed by atoms with Crippen molar-refractivity contribution in [1.29, 1.82) is 0 Å². The molecule has 0 aromatic heterocycles. The molecule has 0 heterocycles. The number of halogens is 4. The zero-order valence-electron chi connectivity index (χ0n) is 8.28. The second-order valence-corrected chi connectivity index (χ2v) is 3.76. The predicted molar refractivity (Wildman–Crippen MR) is 62.5 cm³/mol. The van der Waals surface area contributed by atoms with Crippen molar-refractivity contribution in [2.45, 2.75) is 12.5 Å². The standard InChI is InChI=1S/C9H10BrF2NO2.ClH/c1-15-4-2-5(7(13)9(11)12)8(14)6(10)3-4;/h2-3,7,9,14H,13H2,1H3;1H/t7-;/m0./s1. The molecule has 1 atom stereocenters. The largest absolute Gasteiger partial charge is 0.506 e. The molecule has 16 heavy (non-hydrogen) atoms. The molecule has 0 saturated heterocycles. The van der Waals surface area contributed by atoms with Gasteiger partial charge in [0.25, 0.3) is 6.43 Å². The summed E-state index contributed by atoms with van der Waals surface area (Å²) in [6.45, 7) is 0. The van der Waals surface area contributed by atoms with E-state index in [0.717, 1.165) is 0 Å². The minimum absolute atomic E-state index is 0. The van der Waals surface area contributed by atoms with Gasteiger partial charge in [-0.05, 0) is 28.1 Å². The summed E-state index contributed by atoms with van der Waals surface area (Å²) < 4.78 is 29.9. The maximum atomic E-state index is 12.4. The van der Waals surface area contributed by atoms with E-state index in [1.54, 1.807) is 0 Å². The van der Waals surface area contributed by atoms with Gasteiger partial charge in [-0.15, -0.1) is 12.4 Å². The van der Waals surface area contributed by atoms with Gasteiger partial charge in [0, 0.05) is 5.56 Å². The van der Waals surface area contributed by atoms with Crippen LogP contribution in [0.5, 0.6) is 11.5 Å². The number of methoxy groups -OCH3 is 1. The first kappa shape index (κ1) is 15.4.